The Balaban J connectivity index is 2.17. The average molecular weight is 428 g/mol. The van der Waals surface area contributed by atoms with Crippen LogP contribution in [0.1, 0.15) is 33.6 Å². The topological polar surface area (TPSA) is 86.5 Å². The molecule has 30 heavy (non-hydrogen) atoms. The molecule has 1 fully saturated rings. The van der Waals surface area contributed by atoms with Crippen LogP contribution < -0.4 is 5.43 Å². The van der Waals surface area contributed by atoms with Gasteiger partial charge in [-0.2, -0.15) is 0 Å². The molecule has 0 amide bonds. The maximum absolute atomic E-state index is 13.6. The van der Waals surface area contributed by atoms with E-state index in [1.807, 2.05) is 26.0 Å². The molecule has 0 aliphatic carbocycles. The number of benzene rings is 1. The molecule has 2 heterocycles. The highest BCUT2D eigenvalue weighted by atomic mass is 32.2. The molecule has 2 aliphatic heterocycles. The van der Waals surface area contributed by atoms with Crippen LogP contribution in [0.25, 0.3) is 0 Å². The van der Waals surface area contributed by atoms with Crippen molar-refractivity contribution in [3.05, 3.63) is 54.1 Å². The SMILES string of the molecule is CC=C/C(=C\CC)C1=NC2C(S(=O)(=O)c3ccccc3)C(=NCC)NN2C(=NC)C1. The lowest BCUT2D eigenvalue weighted by atomic mass is 10.0. The van der Waals surface area contributed by atoms with Crippen LogP contribution in [0.2, 0.25) is 0 Å². The molecule has 2 atom stereocenters. The van der Waals surface area contributed by atoms with Gasteiger partial charge in [0.1, 0.15) is 11.7 Å². The quantitative estimate of drug-likeness (QED) is 0.707. The average Bonchev–Trinajstić information content (AvgIpc) is 3.12. The van der Waals surface area contributed by atoms with E-state index >= 15 is 0 Å². The summed E-state index contributed by atoms with van der Waals surface area (Å²) in [5.74, 6) is 1.15. The smallest absolute Gasteiger partial charge is 0.192 e. The fourth-order valence-corrected chi connectivity index (χ4v) is 5.47. The van der Waals surface area contributed by atoms with Gasteiger partial charge < -0.3 is 0 Å². The third-order valence-electron chi connectivity index (χ3n) is 5.03. The molecule has 2 unspecified atom stereocenters. The Labute approximate surface area is 178 Å². The third-order valence-corrected chi connectivity index (χ3v) is 7.09. The normalized spacial score (nSPS) is 25.0. The van der Waals surface area contributed by atoms with E-state index in [9.17, 15) is 8.42 Å². The molecular formula is C22H29N5O2S. The molecule has 1 aromatic carbocycles. The first-order valence-electron chi connectivity index (χ1n) is 10.2. The maximum Gasteiger partial charge on any atom is 0.192 e. The highest BCUT2D eigenvalue weighted by molar-refractivity contribution is 7.93. The van der Waals surface area contributed by atoms with Crippen molar-refractivity contribution < 1.29 is 8.42 Å². The van der Waals surface area contributed by atoms with E-state index in [-0.39, 0.29) is 4.90 Å². The van der Waals surface area contributed by atoms with Gasteiger partial charge in [0, 0.05) is 20.0 Å². The van der Waals surface area contributed by atoms with E-state index in [2.05, 4.69) is 28.4 Å². The summed E-state index contributed by atoms with van der Waals surface area (Å²) in [5.41, 5.74) is 5.01. The molecule has 0 saturated carbocycles. The summed E-state index contributed by atoms with van der Waals surface area (Å²) in [6, 6.07) is 8.49. The lowest BCUT2D eigenvalue weighted by molar-refractivity contribution is 0.321. The molecule has 0 bridgehead atoms. The van der Waals surface area contributed by atoms with E-state index in [4.69, 9.17) is 4.99 Å². The van der Waals surface area contributed by atoms with Gasteiger partial charge >= 0.3 is 0 Å². The summed E-state index contributed by atoms with van der Waals surface area (Å²) in [5, 5.41) is 0.822. The lowest BCUT2D eigenvalue weighted by Crippen LogP contribution is -2.48. The first-order valence-corrected chi connectivity index (χ1v) is 11.8. The molecule has 3 rings (SSSR count). The number of nitrogens with zero attached hydrogens (tertiary/aromatic N) is 4. The van der Waals surface area contributed by atoms with E-state index in [1.54, 1.807) is 42.4 Å². The molecule has 7 nitrogen and oxygen atoms in total. The van der Waals surface area contributed by atoms with Gasteiger partial charge in [-0.1, -0.05) is 43.4 Å². The molecule has 2 aliphatic rings. The Hall–Kier alpha value is -2.74. The van der Waals surface area contributed by atoms with Crippen LogP contribution in [0.4, 0.5) is 0 Å². The Morgan fingerprint density at radius 1 is 1.30 bits per heavy atom. The Bertz CT molecular complexity index is 1020. The molecule has 160 valence electrons. The number of nitrogens with one attached hydrogen (secondary N) is 1. The zero-order chi connectivity index (χ0) is 21.7. The number of rotatable bonds is 6. The number of hydrazine groups is 1. The standard InChI is InChI=1S/C22H29N5O2S/c1-5-11-16(12-6-2)18-15-19(23-4)27-22(25-18)20(21(26-27)24-7-3)30(28,29)17-13-9-8-10-14-17/h5,8-14,20,22H,6-7,15H2,1-4H3,(H,24,26)/b11-5?,16-12+,23-19?. The molecular weight excluding hydrogens is 398 g/mol. The first-order chi connectivity index (χ1) is 14.5. The van der Waals surface area contributed by atoms with Crippen molar-refractivity contribution in [1.82, 2.24) is 10.4 Å². The minimum absolute atomic E-state index is 0.262. The maximum atomic E-state index is 13.6. The fraction of sp³-hybridized carbons (Fsp3) is 0.409. The Morgan fingerprint density at radius 2 is 2.03 bits per heavy atom. The van der Waals surface area contributed by atoms with Gasteiger partial charge in [0.2, 0.25) is 0 Å². The second kappa shape index (κ2) is 9.38. The van der Waals surface area contributed by atoms with Gasteiger partial charge in [-0.3, -0.25) is 20.4 Å². The van der Waals surface area contributed by atoms with Crippen LogP contribution in [0, 0.1) is 0 Å². The van der Waals surface area contributed by atoms with Crippen molar-refractivity contribution in [1.29, 1.82) is 0 Å². The lowest BCUT2D eigenvalue weighted by Gasteiger charge is -2.31. The molecule has 1 saturated heterocycles. The van der Waals surface area contributed by atoms with Crippen molar-refractivity contribution in [3.8, 4) is 0 Å². The summed E-state index contributed by atoms with van der Waals surface area (Å²) >= 11 is 0. The highest BCUT2D eigenvalue weighted by Gasteiger charge is 2.50. The van der Waals surface area contributed by atoms with Crippen LogP contribution >= 0.6 is 0 Å². The van der Waals surface area contributed by atoms with Gasteiger partial charge in [-0.15, -0.1) is 0 Å². The number of hydrogen-bond donors (Lipinski definition) is 1. The molecule has 1 aromatic rings. The van der Waals surface area contributed by atoms with E-state index in [0.717, 1.165) is 23.5 Å². The minimum atomic E-state index is -3.72. The van der Waals surface area contributed by atoms with Crippen molar-refractivity contribution in [2.75, 3.05) is 13.6 Å². The van der Waals surface area contributed by atoms with Crippen LogP contribution in [-0.2, 0) is 9.84 Å². The van der Waals surface area contributed by atoms with Crippen LogP contribution in [-0.4, -0.2) is 55.8 Å². The third kappa shape index (κ3) is 4.09. The second-order valence-corrected chi connectivity index (χ2v) is 9.06. The largest absolute Gasteiger partial charge is 0.281 e. The summed E-state index contributed by atoms with van der Waals surface area (Å²) in [4.78, 5) is 14.1. The fourth-order valence-electron chi connectivity index (χ4n) is 3.72. The number of aliphatic imine (C=N–C) groups is 3. The summed E-state index contributed by atoms with van der Waals surface area (Å²) in [7, 11) is -2.01. The predicted octanol–water partition coefficient (Wildman–Crippen LogP) is 3.18. The number of hydrogen-bond acceptors (Lipinski definition) is 5. The zero-order valence-electron chi connectivity index (χ0n) is 17.9. The van der Waals surface area contributed by atoms with Crippen LogP contribution in [0.15, 0.2) is 74.0 Å². The van der Waals surface area contributed by atoms with E-state index in [0.29, 0.717) is 18.8 Å². The van der Waals surface area contributed by atoms with Crippen LogP contribution in [0.5, 0.6) is 0 Å². The zero-order valence-corrected chi connectivity index (χ0v) is 18.7. The van der Waals surface area contributed by atoms with Gasteiger partial charge in [0.15, 0.2) is 21.3 Å². The molecule has 0 spiro atoms. The Morgan fingerprint density at radius 3 is 2.63 bits per heavy atom. The summed E-state index contributed by atoms with van der Waals surface area (Å²) in [6.07, 6.45) is 6.79. The molecule has 1 N–H and O–H groups in total. The van der Waals surface area contributed by atoms with Crippen molar-refractivity contribution in [2.45, 2.75) is 49.9 Å². The number of amidine groups is 2. The number of sulfone groups is 1. The Kier molecular flexibility index (Phi) is 6.87. The van der Waals surface area contributed by atoms with Crippen molar-refractivity contribution >= 4 is 27.2 Å². The van der Waals surface area contributed by atoms with E-state index in [1.165, 1.54) is 0 Å². The molecule has 0 aromatic heterocycles. The highest BCUT2D eigenvalue weighted by Crippen LogP contribution is 2.31. The van der Waals surface area contributed by atoms with Gasteiger partial charge in [-0.05, 0) is 38.0 Å². The van der Waals surface area contributed by atoms with Crippen molar-refractivity contribution in [3.63, 3.8) is 0 Å². The molecule has 0 radical (unpaired) electrons. The van der Waals surface area contributed by atoms with Gasteiger partial charge in [0.05, 0.1) is 10.6 Å². The van der Waals surface area contributed by atoms with Crippen LogP contribution in [0.3, 0.4) is 0 Å². The van der Waals surface area contributed by atoms with E-state index < -0.39 is 21.3 Å². The summed E-state index contributed by atoms with van der Waals surface area (Å²) in [6.45, 7) is 6.38. The summed E-state index contributed by atoms with van der Waals surface area (Å²) < 4.78 is 27.2. The van der Waals surface area contributed by atoms with Gasteiger partial charge in [-0.25, -0.2) is 13.4 Å². The number of fused-ring (bicyclic) bond motifs is 1. The minimum Gasteiger partial charge on any atom is -0.281 e. The monoisotopic (exact) mass is 427 g/mol. The predicted molar refractivity (Wildman–Crippen MR) is 123 cm³/mol. The van der Waals surface area contributed by atoms with Crippen molar-refractivity contribution in [2.24, 2.45) is 15.0 Å². The second-order valence-electron chi connectivity index (χ2n) is 6.99. The van der Waals surface area contributed by atoms with Gasteiger partial charge in [0.25, 0.3) is 0 Å². The first kappa shape index (κ1) is 22.0. The number of allylic oxidation sites excluding steroid dienone is 4. The molecule has 8 heteroatoms.